The maximum Gasteiger partial charge on any atom is 0.333 e. The van der Waals surface area contributed by atoms with Crippen LogP contribution in [0.25, 0.3) is 0 Å². The molecular formula is C23H23IO6S. The Morgan fingerprint density at radius 1 is 0.968 bits per heavy atom. The summed E-state index contributed by atoms with van der Waals surface area (Å²) in [6, 6.07) is 18.9. The average Bonchev–Trinajstić information content (AvgIpc) is 3.15. The lowest BCUT2D eigenvalue weighted by Crippen LogP contribution is -2.43. The molecule has 2 aromatic rings. The van der Waals surface area contributed by atoms with Gasteiger partial charge in [0, 0.05) is 3.92 Å². The van der Waals surface area contributed by atoms with Gasteiger partial charge in [0.25, 0.3) is 0 Å². The summed E-state index contributed by atoms with van der Waals surface area (Å²) in [5, 5.41) is -0.255. The summed E-state index contributed by atoms with van der Waals surface area (Å²) < 4.78 is 13.9. The van der Waals surface area contributed by atoms with Crippen LogP contribution in [-0.2, 0) is 28.6 Å². The Hall–Kier alpha value is -2.07. The minimum absolute atomic E-state index is 0.0724. The van der Waals surface area contributed by atoms with Crippen LogP contribution in [0.3, 0.4) is 0 Å². The van der Waals surface area contributed by atoms with E-state index in [-0.39, 0.29) is 28.2 Å². The lowest BCUT2D eigenvalue weighted by atomic mass is 9.91. The third-order valence-electron chi connectivity index (χ3n) is 5.16. The molecule has 3 rings (SSSR count). The average molecular weight is 554 g/mol. The van der Waals surface area contributed by atoms with E-state index in [2.05, 4.69) is 22.6 Å². The van der Waals surface area contributed by atoms with Crippen molar-refractivity contribution in [2.75, 3.05) is 20.8 Å². The molecule has 31 heavy (non-hydrogen) atoms. The van der Waals surface area contributed by atoms with Crippen molar-refractivity contribution in [3.63, 3.8) is 0 Å². The van der Waals surface area contributed by atoms with Crippen LogP contribution in [0.4, 0.5) is 0 Å². The van der Waals surface area contributed by atoms with Crippen LogP contribution >= 0.6 is 34.4 Å². The van der Waals surface area contributed by atoms with E-state index in [4.69, 9.17) is 14.2 Å². The Morgan fingerprint density at radius 3 is 1.90 bits per heavy atom. The maximum absolute atomic E-state index is 13.1. The first kappa shape index (κ1) is 23.6. The minimum Gasteiger partial charge on any atom is -0.468 e. The van der Waals surface area contributed by atoms with E-state index >= 15 is 0 Å². The van der Waals surface area contributed by atoms with Gasteiger partial charge in [0.15, 0.2) is 0 Å². The number of hydrogen-bond donors (Lipinski definition) is 0. The van der Waals surface area contributed by atoms with Gasteiger partial charge < -0.3 is 14.2 Å². The van der Waals surface area contributed by atoms with Gasteiger partial charge in [-0.05, 0) is 17.5 Å². The first-order chi connectivity index (χ1) is 14.9. The number of halogens is 1. The molecule has 1 heterocycles. The molecule has 6 nitrogen and oxygen atoms in total. The Morgan fingerprint density at radius 2 is 1.45 bits per heavy atom. The standard InChI is InChI=1S/C23H23IO6S/c1-28-21(26)23(22(27)29-2)13-17(24)18(31-23)14-30-20(25)19(15-9-5-3-6-10-15)16-11-7-4-8-12-16/h3-12,17-19H,13-14H2,1-2H3/t17-,18-/m0/s1. The van der Waals surface area contributed by atoms with Gasteiger partial charge in [0.1, 0.15) is 12.5 Å². The van der Waals surface area contributed by atoms with Gasteiger partial charge in [-0.25, -0.2) is 9.59 Å². The van der Waals surface area contributed by atoms with Crippen molar-refractivity contribution < 1.29 is 28.6 Å². The number of carbonyl (C=O) groups excluding carboxylic acids is 3. The highest BCUT2D eigenvalue weighted by molar-refractivity contribution is 14.1. The van der Waals surface area contributed by atoms with E-state index in [1.54, 1.807) is 0 Å². The summed E-state index contributed by atoms with van der Waals surface area (Å²) in [6.07, 6.45) is 0.251. The van der Waals surface area contributed by atoms with Gasteiger partial charge >= 0.3 is 17.9 Å². The SMILES string of the molecule is COC(=O)C1(C(=O)OC)C[C@H](I)[C@H](COC(=O)C(c2ccccc2)c2ccccc2)S1. The van der Waals surface area contributed by atoms with Crippen LogP contribution in [0, 0.1) is 0 Å². The number of rotatable bonds is 7. The summed E-state index contributed by atoms with van der Waals surface area (Å²) in [6.45, 7) is 0.0724. The zero-order valence-electron chi connectivity index (χ0n) is 17.2. The normalized spacial score (nSPS) is 19.6. The van der Waals surface area contributed by atoms with Gasteiger partial charge in [-0.3, -0.25) is 4.79 Å². The van der Waals surface area contributed by atoms with Gasteiger partial charge in [-0.1, -0.05) is 83.3 Å². The van der Waals surface area contributed by atoms with E-state index < -0.39 is 22.6 Å². The number of carbonyl (C=O) groups is 3. The molecule has 0 saturated carbocycles. The number of thioether (sulfide) groups is 1. The van der Waals surface area contributed by atoms with Crippen molar-refractivity contribution in [3.8, 4) is 0 Å². The number of alkyl halides is 1. The van der Waals surface area contributed by atoms with Gasteiger partial charge in [-0.15, -0.1) is 11.8 Å². The van der Waals surface area contributed by atoms with Crippen LogP contribution in [0.1, 0.15) is 23.5 Å². The zero-order valence-corrected chi connectivity index (χ0v) is 20.1. The maximum atomic E-state index is 13.1. The smallest absolute Gasteiger partial charge is 0.333 e. The lowest BCUT2D eigenvalue weighted by molar-refractivity contribution is -0.156. The van der Waals surface area contributed by atoms with Crippen molar-refractivity contribution in [1.29, 1.82) is 0 Å². The molecule has 0 aliphatic carbocycles. The molecule has 0 spiro atoms. The largest absolute Gasteiger partial charge is 0.468 e. The molecule has 1 aliphatic heterocycles. The monoisotopic (exact) mass is 554 g/mol. The molecule has 0 radical (unpaired) electrons. The second kappa shape index (κ2) is 10.5. The highest BCUT2D eigenvalue weighted by atomic mass is 127. The van der Waals surface area contributed by atoms with E-state index in [0.29, 0.717) is 0 Å². The summed E-state index contributed by atoms with van der Waals surface area (Å²) in [5.41, 5.74) is 1.67. The second-order valence-electron chi connectivity index (χ2n) is 7.07. The van der Waals surface area contributed by atoms with E-state index in [1.807, 2.05) is 60.7 Å². The van der Waals surface area contributed by atoms with Crippen LogP contribution in [0.15, 0.2) is 60.7 Å². The number of esters is 3. The van der Waals surface area contributed by atoms with Crippen LogP contribution in [0.5, 0.6) is 0 Å². The van der Waals surface area contributed by atoms with Gasteiger partial charge in [0.2, 0.25) is 4.75 Å². The van der Waals surface area contributed by atoms with Gasteiger partial charge in [-0.2, -0.15) is 0 Å². The Kier molecular flexibility index (Phi) is 7.99. The fraction of sp³-hybridized carbons (Fsp3) is 0.348. The number of methoxy groups -OCH3 is 2. The fourth-order valence-corrected chi connectivity index (χ4v) is 6.74. The Balaban J connectivity index is 1.77. The molecule has 1 aliphatic rings. The quantitative estimate of drug-likeness (QED) is 0.170. The van der Waals surface area contributed by atoms with Crippen LogP contribution < -0.4 is 0 Å². The molecule has 8 heteroatoms. The van der Waals surface area contributed by atoms with E-state index in [9.17, 15) is 14.4 Å². The first-order valence-electron chi connectivity index (χ1n) is 9.68. The van der Waals surface area contributed by atoms with E-state index in [0.717, 1.165) is 22.9 Å². The third kappa shape index (κ3) is 5.06. The summed E-state index contributed by atoms with van der Waals surface area (Å²) in [4.78, 5) is 37.9. The zero-order chi connectivity index (χ0) is 22.4. The van der Waals surface area contributed by atoms with Crippen molar-refractivity contribution in [3.05, 3.63) is 71.8 Å². The molecular weight excluding hydrogens is 531 g/mol. The molecule has 2 aromatic carbocycles. The summed E-state index contributed by atoms with van der Waals surface area (Å²) >= 11 is 3.32. The highest BCUT2D eigenvalue weighted by Gasteiger charge is 2.58. The second-order valence-corrected chi connectivity index (χ2v) is 10.2. The number of ether oxygens (including phenoxy) is 3. The lowest BCUT2D eigenvalue weighted by Gasteiger charge is -2.23. The molecule has 0 bridgehead atoms. The molecule has 0 unspecified atom stereocenters. The Bertz CT molecular complexity index is 865. The number of hydrogen-bond acceptors (Lipinski definition) is 7. The molecule has 1 fully saturated rings. The molecule has 0 amide bonds. The van der Waals surface area contributed by atoms with Crippen molar-refractivity contribution in [2.45, 2.75) is 26.3 Å². The molecule has 0 N–H and O–H groups in total. The van der Waals surface area contributed by atoms with Crippen LogP contribution in [0.2, 0.25) is 0 Å². The minimum atomic E-state index is -1.44. The highest BCUT2D eigenvalue weighted by Crippen LogP contribution is 2.48. The Labute approximate surface area is 199 Å². The number of benzene rings is 2. The van der Waals surface area contributed by atoms with Crippen LogP contribution in [-0.4, -0.2) is 52.7 Å². The summed E-state index contributed by atoms with van der Waals surface area (Å²) in [5.74, 6) is -2.24. The summed E-state index contributed by atoms with van der Waals surface area (Å²) in [7, 11) is 2.49. The third-order valence-corrected chi connectivity index (χ3v) is 8.63. The fourth-order valence-electron chi connectivity index (χ4n) is 3.60. The van der Waals surface area contributed by atoms with Crippen molar-refractivity contribution in [2.24, 2.45) is 0 Å². The molecule has 1 saturated heterocycles. The van der Waals surface area contributed by atoms with Crippen molar-refractivity contribution >= 4 is 52.3 Å². The molecule has 2 atom stereocenters. The predicted molar refractivity (Wildman–Crippen MR) is 126 cm³/mol. The topological polar surface area (TPSA) is 78.9 Å². The van der Waals surface area contributed by atoms with Gasteiger partial charge in [0.05, 0.1) is 19.5 Å². The molecule has 0 aromatic heterocycles. The molecule has 164 valence electrons. The first-order valence-corrected chi connectivity index (χ1v) is 11.8. The van der Waals surface area contributed by atoms with E-state index in [1.165, 1.54) is 14.2 Å². The predicted octanol–water partition coefficient (Wildman–Crippen LogP) is 3.76. The van der Waals surface area contributed by atoms with Crippen molar-refractivity contribution in [1.82, 2.24) is 0 Å².